The quantitative estimate of drug-likeness (QED) is 0.680. The van der Waals surface area contributed by atoms with Crippen LogP contribution in [0.1, 0.15) is 53.9 Å². The Morgan fingerprint density at radius 1 is 1.20 bits per heavy atom. The number of nitrogens with zero attached hydrogens (tertiary/aromatic N) is 1. The predicted octanol–water partition coefficient (Wildman–Crippen LogP) is 2.75. The Kier molecular flexibility index (Phi) is 6.76. The van der Waals surface area contributed by atoms with E-state index in [0.29, 0.717) is 23.6 Å². The molecule has 2 unspecified atom stereocenters. The maximum absolute atomic E-state index is 12.9. The van der Waals surface area contributed by atoms with Gasteiger partial charge in [0, 0.05) is 13.0 Å². The van der Waals surface area contributed by atoms with Crippen molar-refractivity contribution in [2.45, 2.75) is 39.2 Å². The number of methoxy groups -OCH3 is 1. The molecule has 2 N–H and O–H groups in total. The van der Waals surface area contributed by atoms with Gasteiger partial charge in [-0.15, -0.1) is 0 Å². The van der Waals surface area contributed by atoms with E-state index in [2.05, 4.69) is 17.8 Å². The summed E-state index contributed by atoms with van der Waals surface area (Å²) >= 11 is 0. The number of carbonyl (C=O) groups excluding carboxylic acids is 3. The molecule has 0 bridgehead atoms. The van der Waals surface area contributed by atoms with Crippen LogP contribution in [-0.4, -0.2) is 36.3 Å². The average Bonchev–Trinajstić information content (AvgIpc) is 3.33. The molecule has 1 aliphatic rings. The standard InChI is InChI=1S/C22H27N3O5/c1-4-5-11-25-19(26)13-18(20(25)15-6-8-16(29-3)9-7-15)22(28)24-23-21(27)17-10-12-30-14(17)2/h6-10,12,18,20H,4-5,11,13H2,1-3H3,(H,23,27)(H,24,28). The van der Waals surface area contributed by atoms with Crippen molar-refractivity contribution in [1.82, 2.24) is 15.8 Å². The lowest BCUT2D eigenvalue weighted by atomic mass is 9.93. The van der Waals surface area contributed by atoms with Crippen LogP contribution in [0.25, 0.3) is 0 Å². The van der Waals surface area contributed by atoms with Gasteiger partial charge in [0.2, 0.25) is 11.8 Å². The van der Waals surface area contributed by atoms with E-state index in [-0.39, 0.29) is 12.3 Å². The number of ether oxygens (including phenoxy) is 1. The highest BCUT2D eigenvalue weighted by atomic mass is 16.5. The van der Waals surface area contributed by atoms with Crippen LogP contribution in [-0.2, 0) is 9.59 Å². The fourth-order valence-electron chi connectivity index (χ4n) is 3.73. The zero-order valence-corrected chi connectivity index (χ0v) is 17.4. The number of carbonyl (C=O) groups is 3. The second kappa shape index (κ2) is 9.47. The fraction of sp³-hybridized carbons (Fsp3) is 0.409. The highest BCUT2D eigenvalue weighted by molar-refractivity contribution is 5.97. The molecule has 160 valence electrons. The molecule has 3 rings (SSSR count). The number of benzene rings is 1. The number of hydrazine groups is 1. The summed E-state index contributed by atoms with van der Waals surface area (Å²) in [4.78, 5) is 39.6. The van der Waals surface area contributed by atoms with Crippen molar-refractivity contribution in [3.05, 3.63) is 53.5 Å². The largest absolute Gasteiger partial charge is 0.497 e. The number of nitrogens with one attached hydrogen (secondary N) is 2. The SMILES string of the molecule is CCCCN1C(=O)CC(C(=O)NNC(=O)c2ccoc2C)C1c1ccc(OC)cc1. The van der Waals surface area contributed by atoms with E-state index in [1.54, 1.807) is 18.9 Å². The first-order valence-electron chi connectivity index (χ1n) is 10.0. The molecule has 8 heteroatoms. The molecule has 1 fully saturated rings. The van der Waals surface area contributed by atoms with E-state index in [0.717, 1.165) is 18.4 Å². The van der Waals surface area contributed by atoms with Gasteiger partial charge in [-0.2, -0.15) is 0 Å². The summed E-state index contributed by atoms with van der Waals surface area (Å²) in [6, 6.07) is 8.50. The molecule has 1 aliphatic heterocycles. The summed E-state index contributed by atoms with van der Waals surface area (Å²) in [5, 5.41) is 0. The molecular formula is C22H27N3O5. The molecule has 1 aromatic heterocycles. The molecule has 30 heavy (non-hydrogen) atoms. The Labute approximate surface area is 175 Å². The van der Waals surface area contributed by atoms with Crippen LogP contribution in [0.2, 0.25) is 0 Å². The van der Waals surface area contributed by atoms with Gasteiger partial charge in [0.25, 0.3) is 5.91 Å². The van der Waals surface area contributed by atoms with E-state index in [1.807, 2.05) is 24.3 Å². The second-order valence-corrected chi connectivity index (χ2v) is 7.30. The minimum Gasteiger partial charge on any atom is -0.497 e. The van der Waals surface area contributed by atoms with Crippen LogP contribution in [0.4, 0.5) is 0 Å². The third-order valence-corrected chi connectivity index (χ3v) is 5.38. The molecule has 0 spiro atoms. The number of furan rings is 1. The van der Waals surface area contributed by atoms with Crippen LogP contribution in [0.15, 0.2) is 41.0 Å². The number of unbranched alkanes of at least 4 members (excludes halogenated alkanes) is 1. The fourth-order valence-corrected chi connectivity index (χ4v) is 3.73. The first-order valence-corrected chi connectivity index (χ1v) is 10.0. The first-order chi connectivity index (χ1) is 14.5. The van der Waals surface area contributed by atoms with Gasteiger partial charge < -0.3 is 14.1 Å². The minimum atomic E-state index is -0.617. The van der Waals surface area contributed by atoms with Gasteiger partial charge in [-0.3, -0.25) is 25.2 Å². The number of likely N-dealkylation sites (tertiary alicyclic amines) is 1. The normalized spacial score (nSPS) is 18.4. The second-order valence-electron chi connectivity index (χ2n) is 7.30. The Bertz CT molecular complexity index is 906. The van der Waals surface area contributed by atoms with Crippen LogP contribution in [0, 0.1) is 12.8 Å². The average molecular weight is 413 g/mol. The van der Waals surface area contributed by atoms with E-state index in [4.69, 9.17) is 9.15 Å². The molecule has 0 radical (unpaired) electrons. The van der Waals surface area contributed by atoms with Crippen molar-refractivity contribution in [3.8, 4) is 5.75 Å². The van der Waals surface area contributed by atoms with Crippen molar-refractivity contribution in [3.63, 3.8) is 0 Å². The lowest BCUT2D eigenvalue weighted by Crippen LogP contribution is -2.45. The van der Waals surface area contributed by atoms with E-state index >= 15 is 0 Å². The van der Waals surface area contributed by atoms with Gasteiger partial charge in [0.05, 0.1) is 30.9 Å². The van der Waals surface area contributed by atoms with E-state index in [1.165, 1.54) is 12.3 Å². The van der Waals surface area contributed by atoms with Crippen molar-refractivity contribution >= 4 is 17.7 Å². The molecule has 2 atom stereocenters. The summed E-state index contributed by atoms with van der Waals surface area (Å²) in [5.74, 6) is -0.401. The molecule has 1 aromatic carbocycles. The van der Waals surface area contributed by atoms with Gasteiger partial charge in [-0.25, -0.2) is 0 Å². The molecule has 3 amide bonds. The van der Waals surface area contributed by atoms with Gasteiger partial charge >= 0.3 is 0 Å². The molecule has 0 saturated carbocycles. The van der Waals surface area contributed by atoms with Gasteiger partial charge in [0.1, 0.15) is 11.5 Å². The summed E-state index contributed by atoms with van der Waals surface area (Å²) in [6.45, 7) is 4.30. The molecule has 2 aromatic rings. The monoisotopic (exact) mass is 413 g/mol. The number of rotatable bonds is 7. The van der Waals surface area contributed by atoms with Crippen LogP contribution >= 0.6 is 0 Å². The summed E-state index contributed by atoms with van der Waals surface area (Å²) in [5.41, 5.74) is 6.09. The molecule has 8 nitrogen and oxygen atoms in total. The molecule has 2 heterocycles. The van der Waals surface area contributed by atoms with Crippen molar-refractivity contribution in [2.24, 2.45) is 5.92 Å². The Morgan fingerprint density at radius 2 is 1.93 bits per heavy atom. The summed E-state index contributed by atoms with van der Waals surface area (Å²) in [6.07, 6.45) is 3.29. The van der Waals surface area contributed by atoms with Crippen molar-refractivity contribution in [2.75, 3.05) is 13.7 Å². The third-order valence-electron chi connectivity index (χ3n) is 5.38. The lowest BCUT2D eigenvalue weighted by Gasteiger charge is -2.28. The highest BCUT2D eigenvalue weighted by Crippen LogP contribution is 2.39. The summed E-state index contributed by atoms with van der Waals surface area (Å²) in [7, 11) is 1.59. The lowest BCUT2D eigenvalue weighted by molar-refractivity contribution is -0.129. The van der Waals surface area contributed by atoms with Gasteiger partial charge in [-0.1, -0.05) is 25.5 Å². The number of amides is 3. The highest BCUT2D eigenvalue weighted by Gasteiger charge is 2.44. The van der Waals surface area contributed by atoms with Gasteiger partial charge in [-0.05, 0) is 37.1 Å². The third kappa shape index (κ3) is 4.48. The maximum atomic E-state index is 12.9. The zero-order valence-electron chi connectivity index (χ0n) is 17.4. The molecule has 0 aliphatic carbocycles. The topological polar surface area (TPSA) is 101 Å². The van der Waals surface area contributed by atoms with Crippen LogP contribution in [0.3, 0.4) is 0 Å². The number of hydrogen-bond donors (Lipinski definition) is 2. The van der Waals surface area contributed by atoms with Crippen LogP contribution < -0.4 is 15.6 Å². The summed E-state index contributed by atoms with van der Waals surface area (Å²) < 4.78 is 10.3. The Balaban J connectivity index is 1.77. The molecular weight excluding hydrogens is 386 g/mol. The first kappa shape index (κ1) is 21.4. The smallest absolute Gasteiger partial charge is 0.273 e. The molecule has 1 saturated heterocycles. The Morgan fingerprint density at radius 3 is 2.53 bits per heavy atom. The van der Waals surface area contributed by atoms with Crippen molar-refractivity contribution < 1.29 is 23.5 Å². The Hall–Kier alpha value is -3.29. The predicted molar refractivity (Wildman–Crippen MR) is 110 cm³/mol. The zero-order chi connectivity index (χ0) is 21.7. The van der Waals surface area contributed by atoms with Crippen LogP contribution in [0.5, 0.6) is 5.75 Å². The van der Waals surface area contributed by atoms with Gasteiger partial charge in [0.15, 0.2) is 0 Å². The number of hydrogen-bond acceptors (Lipinski definition) is 5. The van der Waals surface area contributed by atoms with Crippen molar-refractivity contribution in [1.29, 1.82) is 0 Å². The minimum absolute atomic E-state index is 0.0681. The maximum Gasteiger partial charge on any atom is 0.273 e. The number of aryl methyl sites for hydroxylation is 1. The van der Waals surface area contributed by atoms with E-state index in [9.17, 15) is 14.4 Å². The van der Waals surface area contributed by atoms with E-state index < -0.39 is 23.8 Å².